The van der Waals surface area contributed by atoms with Crippen molar-refractivity contribution < 1.29 is 21.1 Å². The van der Waals surface area contributed by atoms with E-state index in [0.29, 0.717) is 5.92 Å². The molecule has 0 aliphatic carbocycles. The van der Waals surface area contributed by atoms with Crippen LogP contribution in [0.15, 0.2) is 146 Å². The molecule has 10 aromatic rings. The van der Waals surface area contributed by atoms with Crippen LogP contribution >= 0.6 is 0 Å². The zero-order chi connectivity index (χ0) is 33.3. The minimum atomic E-state index is 0. The molecule has 0 radical (unpaired) electrons. The molecule has 10 rings (SSSR count). The van der Waals surface area contributed by atoms with Gasteiger partial charge in [-0.25, -0.2) is 9.97 Å². The van der Waals surface area contributed by atoms with Gasteiger partial charge in [-0.15, -0.1) is 34.8 Å². The molecule has 4 heterocycles. The molecule has 0 N–H and O–H groups in total. The molecule has 0 saturated carbocycles. The van der Waals surface area contributed by atoms with Crippen molar-refractivity contribution in [2.45, 2.75) is 19.8 Å². The standard InChI is InChI=1S/C45H31N5.Pt/c1-28(2)29-24-25-46-42(27-29)50-39-20-9-7-15-34(39)35-23-22-30(26-41(35)50)32-16-11-21-40-44(32)48-45(49(40)31-12-4-3-5-13-31)37-18-10-17-36-33-14-6-8-19-38(33)47-43(36)37;/h3-25,27-28H,1-2H3;/q-2;+2. The van der Waals surface area contributed by atoms with Crippen molar-refractivity contribution in [2.75, 3.05) is 0 Å². The Morgan fingerprint density at radius 1 is 0.627 bits per heavy atom. The van der Waals surface area contributed by atoms with Gasteiger partial charge in [0.2, 0.25) is 0 Å². The van der Waals surface area contributed by atoms with Gasteiger partial charge in [-0.1, -0.05) is 116 Å². The third-order valence-corrected chi connectivity index (χ3v) is 9.94. The fourth-order valence-corrected chi connectivity index (χ4v) is 7.52. The fraction of sp³-hybridized carbons (Fsp3) is 0.0667. The smallest absolute Gasteiger partial charge is 0.656 e. The summed E-state index contributed by atoms with van der Waals surface area (Å²) in [7, 11) is 0. The number of rotatable bonds is 5. The molecule has 4 aromatic heterocycles. The summed E-state index contributed by atoms with van der Waals surface area (Å²) in [6.07, 6.45) is 1.92. The summed E-state index contributed by atoms with van der Waals surface area (Å²) < 4.78 is 4.52. The number of para-hydroxylation sites is 5. The number of hydrogen-bond acceptors (Lipinski definition) is 2. The van der Waals surface area contributed by atoms with Gasteiger partial charge in [-0.3, -0.25) is 4.57 Å². The molecule has 5 nitrogen and oxygen atoms in total. The molecular weight excluding hydrogens is 806 g/mol. The summed E-state index contributed by atoms with van der Waals surface area (Å²) in [5.41, 5.74) is 11.3. The van der Waals surface area contributed by atoms with E-state index in [1.165, 1.54) is 10.9 Å². The van der Waals surface area contributed by atoms with Crippen molar-refractivity contribution in [1.82, 2.24) is 24.1 Å². The second-order valence-electron chi connectivity index (χ2n) is 13.2. The molecule has 0 aliphatic rings. The third kappa shape index (κ3) is 4.87. The van der Waals surface area contributed by atoms with E-state index in [2.05, 4.69) is 163 Å². The van der Waals surface area contributed by atoms with E-state index >= 15 is 0 Å². The number of aromatic nitrogens is 5. The molecular formula is C45H31N5Pt. The van der Waals surface area contributed by atoms with E-state index in [-0.39, 0.29) is 21.1 Å². The Bertz CT molecular complexity index is 2910. The van der Waals surface area contributed by atoms with Crippen LogP contribution in [-0.2, 0) is 21.1 Å². The zero-order valence-electron chi connectivity index (χ0n) is 28.0. The number of pyridine rings is 1. The first-order valence-electron chi connectivity index (χ1n) is 17.1. The van der Waals surface area contributed by atoms with Gasteiger partial charge < -0.3 is 9.55 Å². The average Bonchev–Trinajstić information content (AvgIpc) is 3.85. The van der Waals surface area contributed by atoms with E-state index in [1.54, 1.807) is 0 Å². The quantitative estimate of drug-likeness (QED) is 0.162. The number of benzene rings is 6. The van der Waals surface area contributed by atoms with Crippen LogP contribution in [0.1, 0.15) is 25.3 Å². The Labute approximate surface area is 309 Å². The van der Waals surface area contributed by atoms with Crippen molar-refractivity contribution in [2.24, 2.45) is 0 Å². The van der Waals surface area contributed by atoms with E-state index in [0.717, 1.165) is 83.3 Å². The van der Waals surface area contributed by atoms with Crippen LogP contribution in [0.4, 0.5) is 0 Å². The first-order valence-corrected chi connectivity index (χ1v) is 17.1. The summed E-state index contributed by atoms with van der Waals surface area (Å²) in [6, 6.07) is 52.8. The van der Waals surface area contributed by atoms with Gasteiger partial charge in [0.1, 0.15) is 11.6 Å². The first-order chi connectivity index (χ1) is 24.6. The number of imidazole rings is 1. The number of nitrogens with zero attached hydrogens (tertiary/aromatic N) is 5. The van der Waals surface area contributed by atoms with Crippen LogP contribution in [0.2, 0.25) is 0 Å². The summed E-state index contributed by atoms with van der Waals surface area (Å²) in [4.78, 5) is 15.5. The van der Waals surface area contributed by atoms with Gasteiger partial charge in [0.15, 0.2) is 0 Å². The van der Waals surface area contributed by atoms with Crippen LogP contribution in [0, 0.1) is 6.07 Å². The summed E-state index contributed by atoms with van der Waals surface area (Å²) in [5.74, 6) is 2.15. The normalized spacial score (nSPS) is 11.7. The Balaban J connectivity index is 0.00000348. The summed E-state index contributed by atoms with van der Waals surface area (Å²) in [6.45, 7) is 4.44. The molecule has 0 bridgehead atoms. The van der Waals surface area contributed by atoms with Gasteiger partial charge in [0, 0.05) is 23.0 Å². The van der Waals surface area contributed by atoms with E-state index in [9.17, 15) is 0 Å². The summed E-state index contributed by atoms with van der Waals surface area (Å²) in [5, 5.41) is 4.61. The van der Waals surface area contributed by atoms with Crippen LogP contribution in [0.5, 0.6) is 0 Å². The molecule has 0 saturated heterocycles. The van der Waals surface area contributed by atoms with Crippen molar-refractivity contribution >= 4 is 54.6 Å². The van der Waals surface area contributed by atoms with Gasteiger partial charge in [0.25, 0.3) is 0 Å². The topological polar surface area (TPSA) is 49.7 Å². The zero-order valence-corrected chi connectivity index (χ0v) is 30.3. The Morgan fingerprint density at radius 2 is 1.35 bits per heavy atom. The van der Waals surface area contributed by atoms with Crippen molar-refractivity contribution in [3.05, 3.63) is 157 Å². The van der Waals surface area contributed by atoms with Crippen LogP contribution < -0.4 is 4.98 Å². The van der Waals surface area contributed by atoms with E-state index in [1.807, 2.05) is 12.3 Å². The molecule has 0 amide bonds. The molecule has 0 unspecified atom stereocenters. The molecule has 246 valence electrons. The van der Waals surface area contributed by atoms with Gasteiger partial charge in [-0.05, 0) is 69.6 Å². The molecule has 6 heteroatoms. The Morgan fingerprint density at radius 3 is 2.22 bits per heavy atom. The minimum absolute atomic E-state index is 0. The monoisotopic (exact) mass is 836 g/mol. The predicted octanol–water partition coefficient (Wildman–Crippen LogP) is 11.0. The van der Waals surface area contributed by atoms with Crippen molar-refractivity contribution in [3.8, 4) is 34.0 Å². The SMILES string of the molecule is CC(C)c1ccnc(-n2c3[c-]c(-c4cccc5c4nc(-c4cccc6c4[n-]c4ccccc46)n5-c4ccccc4)ccc3c3ccccc32)c1.[Pt+2]. The minimum Gasteiger partial charge on any atom is -0.656 e. The average molecular weight is 837 g/mol. The van der Waals surface area contributed by atoms with Gasteiger partial charge >= 0.3 is 21.1 Å². The predicted molar refractivity (Wildman–Crippen MR) is 205 cm³/mol. The molecule has 0 fully saturated rings. The maximum Gasteiger partial charge on any atom is 2.00 e. The molecule has 0 spiro atoms. The maximum atomic E-state index is 5.47. The largest absolute Gasteiger partial charge is 2.00 e. The van der Waals surface area contributed by atoms with Crippen LogP contribution in [0.3, 0.4) is 0 Å². The Hall–Kier alpha value is -5.77. The molecule has 6 aromatic carbocycles. The number of fused-ring (bicyclic) bond motifs is 7. The third-order valence-electron chi connectivity index (χ3n) is 9.94. The second-order valence-corrected chi connectivity index (χ2v) is 13.2. The van der Waals surface area contributed by atoms with Crippen LogP contribution in [-0.4, -0.2) is 19.1 Å². The van der Waals surface area contributed by atoms with Gasteiger partial charge in [0.05, 0.1) is 11.0 Å². The van der Waals surface area contributed by atoms with Crippen molar-refractivity contribution in [3.63, 3.8) is 0 Å². The fourth-order valence-electron chi connectivity index (χ4n) is 7.52. The van der Waals surface area contributed by atoms with E-state index in [4.69, 9.17) is 15.0 Å². The molecule has 51 heavy (non-hydrogen) atoms. The van der Waals surface area contributed by atoms with Crippen molar-refractivity contribution in [1.29, 1.82) is 0 Å². The maximum absolute atomic E-state index is 5.47. The Kier molecular flexibility index (Phi) is 7.48. The van der Waals surface area contributed by atoms with E-state index < -0.39 is 0 Å². The second kappa shape index (κ2) is 12.2. The van der Waals surface area contributed by atoms with Gasteiger partial charge in [-0.2, -0.15) is 0 Å². The number of hydrogen-bond donors (Lipinski definition) is 0. The molecule has 0 aliphatic heterocycles. The van der Waals surface area contributed by atoms with Crippen LogP contribution in [0.25, 0.3) is 88.7 Å². The molecule has 0 atom stereocenters. The first kappa shape index (κ1) is 31.2. The summed E-state index contributed by atoms with van der Waals surface area (Å²) >= 11 is 0.